The van der Waals surface area contributed by atoms with Crippen LogP contribution >= 0.6 is 0 Å². The molecule has 0 nitrogen and oxygen atoms in total. The smallest absolute Gasteiger partial charge is 0.0480 e. The molecule has 2 rings (SSSR count). The van der Waals surface area contributed by atoms with Crippen molar-refractivity contribution < 1.29 is 0 Å². The second-order valence-electron chi connectivity index (χ2n) is 6.90. The molecule has 0 bridgehead atoms. The van der Waals surface area contributed by atoms with Crippen molar-refractivity contribution in [1.29, 1.82) is 0 Å². The Morgan fingerprint density at radius 1 is 1.29 bits per heavy atom. The lowest BCUT2D eigenvalue weighted by Gasteiger charge is -2.16. The Balaban J connectivity index is 1.98. The fourth-order valence-electron chi connectivity index (χ4n) is 3.33. The van der Waals surface area contributed by atoms with Crippen molar-refractivity contribution in [3.05, 3.63) is 37.0 Å². The van der Waals surface area contributed by atoms with E-state index in [1.165, 1.54) is 18.9 Å². The van der Waals surface area contributed by atoms with E-state index in [1.807, 2.05) is 0 Å². The molecule has 0 aromatic carbocycles. The summed E-state index contributed by atoms with van der Waals surface area (Å²) in [6.07, 6.45) is 14.6. The molecule has 0 aliphatic heterocycles. The van der Waals surface area contributed by atoms with E-state index < -0.39 is 8.07 Å². The van der Waals surface area contributed by atoms with Crippen molar-refractivity contribution in [2.24, 2.45) is 23.7 Å². The summed E-state index contributed by atoms with van der Waals surface area (Å²) in [5, 5.41) is 0. The lowest BCUT2D eigenvalue weighted by molar-refractivity contribution is 0.414. The van der Waals surface area contributed by atoms with Crippen LogP contribution in [0.3, 0.4) is 0 Å². The van der Waals surface area contributed by atoms with E-state index in [-0.39, 0.29) is 0 Å². The van der Waals surface area contributed by atoms with Crippen LogP contribution in [0.15, 0.2) is 37.0 Å². The van der Waals surface area contributed by atoms with Crippen molar-refractivity contribution in [2.45, 2.75) is 38.5 Å². The molecule has 0 aromatic heterocycles. The van der Waals surface area contributed by atoms with Gasteiger partial charge in [0.15, 0.2) is 0 Å². The highest BCUT2D eigenvalue weighted by molar-refractivity contribution is 6.76. The van der Waals surface area contributed by atoms with E-state index in [2.05, 4.69) is 56.6 Å². The average Bonchev–Trinajstić information content (AvgIpc) is 2.79. The molecule has 4 unspecified atom stereocenters. The maximum atomic E-state index is 4.01. The van der Waals surface area contributed by atoms with Gasteiger partial charge in [0.1, 0.15) is 0 Å². The van der Waals surface area contributed by atoms with Crippen LogP contribution in [0.4, 0.5) is 0 Å². The summed E-state index contributed by atoms with van der Waals surface area (Å²) in [7, 11) is -0.913. The molecular formula is C16H26Si. The highest BCUT2D eigenvalue weighted by atomic mass is 28.3. The number of fused-ring (bicyclic) bond motifs is 1. The third-order valence-electron chi connectivity index (χ3n) is 4.27. The fourth-order valence-corrected chi connectivity index (χ4v) is 4.18. The molecule has 17 heavy (non-hydrogen) atoms. The van der Waals surface area contributed by atoms with Crippen LogP contribution in [-0.2, 0) is 0 Å². The standard InChI is InChI=1S/C16H26Si/c1-5-13-12-14(8-7-11-17(2,3)4)16-10-6-9-15(13)16/h5-8,10,13-16H,1,9,11-12H2,2-4H3/b8-7+. The molecule has 0 radical (unpaired) electrons. The number of allylic oxidation sites excluding steroid dienone is 5. The van der Waals surface area contributed by atoms with E-state index in [0.29, 0.717) is 0 Å². The van der Waals surface area contributed by atoms with Gasteiger partial charge in [0, 0.05) is 8.07 Å². The normalized spacial score (nSPS) is 36.6. The molecular weight excluding hydrogens is 220 g/mol. The molecule has 1 heteroatoms. The molecule has 4 atom stereocenters. The van der Waals surface area contributed by atoms with Gasteiger partial charge in [-0.2, -0.15) is 0 Å². The third kappa shape index (κ3) is 3.01. The molecule has 1 fully saturated rings. The predicted octanol–water partition coefficient (Wildman–Crippen LogP) is 4.90. The summed E-state index contributed by atoms with van der Waals surface area (Å²) < 4.78 is 0. The van der Waals surface area contributed by atoms with Crippen LogP contribution in [0.5, 0.6) is 0 Å². The highest BCUT2D eigenvalue weighted by Gasteiger charge is 2.40. The van der Waals surface area contributed by atoms with E-state index in [4.69, 9.17) is 0 Å². The van der Waals surface area contributed by atoms with E-state index >= 15 is 0 Å². The van der Waals surface area contributed by atoms with Crippen molar-refractivity contribution in [2.75, 3.05) is 0 Å². The molecule has 0 spiro atoms. The van der Waals surface area contributed by atoms with Crippen LogP contribution in [0, 0.1) is 23.7 Å². The molecule has 0 N–H and O–H groups in total. The summed E-state index contributed by atoms with van der Waals surface area (Å²) in [4.78, 5) is 0. The van der Waals surface area contributed by atoms with Gasteiger partial charge in [-0.3, -0.25) is 0 Å². The first-order valence-electron chi connectivity index (χ1n) is 6.97. The first-order chi connectivity index (χ1) is 8.01. The van der Waals surface area contributed by atoms with Crippen LogP contribution < -0.4 is 0 Å². The average molecular weight is 246 g/mol. The fraction of sp³-hybridized carbons (Fsp3) is 0.625. The molecule has 0 amide bonds. The summed E-state index contributed by atoms with van der Waals surface area (Å²) in [6, 6.07) is 1.32. The largest absolute Gasteiger partial charge is 0.103 e. The molecule has 0 aromatic rings. The Hall–Kier alpha value is -0.563. The topological polar surface area (TPSA) is 0 Å². The van der Waals surface area contributed by atoms with Crippen molar-refractivity contribution >= 4 is 8.07 Å². The quantitative estimate of drug-likeness (QED) is 0.489. The number of hydrogen-bond donors (Lipinski definition) is 0. The Bertz CT molecular complexity index is 332. The zero-order valence-electron chi connectivity index (χ0n) is 11.5. The summed E-state index contributed by atoms with van der Waals surface area (Å²) in [5.41, 5.74) is 0. The lowest BCUT2D eigenvalue weighted by atomic mass is 9.90. The summed E-state index contributed by atoms with van der Waals surface area (Å²) in [6.45, 7) is 11.3. The zero-order valence-corrected chi connectivity index (χ0v) is 12.5. The zero-order chi connectivity index (χ0) is 12.5. The number of rotatable bonds is 4. The Labute approximate surface area is 108 Å². The maximum Gasteiger partial charge on any atom is 0.0480 e. The molecule has 1 saturated carbocycles. The first kappa shape index (κ1) is 12.9. The van der Waals surface area contributed by atoms with Crippen LogP contribution in [0.1, 0.15) is 12.8 Å². The van der Waals surface area contributed by atoms with Gasteiger partial charge in [-0.25, -0.2) is 0 Å². The number of hydrogen-bond acceptors (Lipinski definition) is 0. The van der Waals surface area contributed by atoms with E-state index in [1.54, 1.807) is 0 Å². The molecule has 0 heterocycles. The SMILES string of the molecule is C=CC1CC(/C=C/C[Si](C)(C)C)C2C=CCC12. The minimum absolute atomic E-state index is 0.747. The Morgan fingerprint density at radius 2 is 2.06 bits per heavy atom. The van der Waals surface area contributed by atoms with Gasteiger partial charge in [-0.1, -0.05) is 50.0 Å². The summed E-state index contributed by atoms with van der Waals surface area (Å²) in [5.74, 6) is 3.18. The van der Waals surface area contributed by atoms with E-state index in [0.717, 1.165) is 23.7 Å². The second kappa shape index (κ2) is 4.97. The van der Waals surface area contributed by atoms with Gasteiger partial charge < -0.3 is 0 Å². The lowest BCUT2D eigenvalue weighted by Crippen LogP contribution is -2.17. The molecule has 2 aliphatic carbocycles. The third-order valence-corrected chi connectivity index (χ3v) is 5.73. The molecule has 0 saturated heterocycles. The highest BCUT2D eigenvalue weighted by Crippen LogP contribution is 2.48. The molecule has 94 valence electrons. The Kier molecular flexibility index (Phi) is 3.77. The summed E-state index contributed by atoms with van der Waals surface area (Å²) >= 11 is 0. The van der Waals surface area contributed by atoms with Gasteiger partial charge >= 0.3 is 0 Å². The van der Waals surface area contributed by atoms with Gasteiger partial charge in [-0.15, -0.1) is 6.58 Å². The monoisotopic (exact) mass is 246 g/mol. The van der Waals surface area contributed by atoms with Crippen molar-refractivity contribution in [1.82, 2.24) is 0 Å². The van der Waals surface area contributed by atoms with Crippen molar-refractivity contribution in [3.63, 3.8) is 0 Å². The Morgan fingerprint density at radius 3 is 2.71 bits per heavy atom. The van der Waals surface area contributed by atoms with Crippen LogP contribution in [0.2, 0.25) is 25.7 Å². The van der Waals surface area contributed by atoms with Crippen molar-refractivity contribution in [3.8, 4) is 0 Å². The van der Waals surface area contributed by atoms with Crippen LogP contribution in [-0.4, -0.2) is 8.07 Å². The first-order valence-corrected chi connectivity index (χ1v) is 10.7. The van der Waals surface area contributed by atoms with Gasteiger partial charge in [-0.05, 0) is 42.6 Å². The van der Waals surface area contributed by atoms with Crippen LogP contribution in [0.25, 0.3) is 0 Å². The minimum Gasteiger partial charge on any atom is -0.103 e. The maximum absolute atomic E-state index is 4.01. The predicted molar refractivity (Wildman–Crippen MR) is 79.8 cm³/mol. The van der Waals surface area contributed by atoms with Gasteiger partial charge in [0.25, 0.3) is 0 Å². The van der Waals surface area contributed by atoms with Gasteiger partial charge in [0.2, 0.25) is 0 Å². The molecule has 2 aliphatic rings. The minimum atomic E-state index is -0.913. The van der Waals surface area contributed by atoms with E-state index in [9.17, 15) is 0 Å². The van der Waals surface area contributed by atoms with Gasteiger partial charge in [0.05, 0.1) is 0 Å². The second-order valence-corrected chi connectivity index (χ2v) is 12.4.